The largest absolute Gasteiger partial charge is 0.341 e. The Morgan fingerprint density at radius 2 is 2.00 bits per heavy atom. The monoisotopic (exact) mass is 226 g/mol. The first-order chi connectivity index (χ1) is 7.77. The van der Waals surface area contributed by atoms with Crippen LogP contribution in [0.1, 0.15) is 52.4 Å². The highest BCUT2D eigenvalue weighted by atomic mass is 16.2. The number of hydrogen-bond donors (Lipinski definition) is 1. The van der Waals surface area contributed by atoms with Gasteiger partial charge in [-0.15, -0.1) is 0 Å². The lowest BCUT2D eigenvalue weighted by Gasteiger charge is -2.29. The summed E-state index contributed by atoms with van der Waals surface area (Å²) in [5, 5.41) is 3.44. The summed E-state index contributed by atoms with van der Waals surface area (Å²) in [5.41, 5.74) is 0. The summed E-state index contributed by atoms with van der Waals surface area (Å²) in [6, 6.07) is 0.466. The van der Waals surface area contributed by atoms with Gasteiger partial charge in [-0.1, -0.05) is 26.7 Å². The van der Waals surface area contributed by atoms with Crippen LogP contribution in [0.4, 0.5) is 0 Å². The van der Waals surface area contributed by atoms with E-state index in [1.807, 2.05) is 0 Å². The number of carbonyl (C=O) groups excluding carboxylic acids is 1. The van der Waals surface area contributed by atoms with Gasteiger partial charge in [0.15, 0.2) is 0 Å². The minimum atomic E-state index is 0.357. The van der Waals surface area contributed by atoms with Crippen molar-refractivity contribution in [3.63, 3.8) is 0 Å². The van der Waals surface area contributed by atoms with E-state index in [4.69, 9.17) is 0 Å². The summed E-state index contributed by atoms with van der Waals surface area (Å²) in [6.45, 7) is 7.14. The number of amides is 1. The van der Waals surface area contributed by atoms with Crippen molar-refractivity contribution in [2.24, 2.45) is 0 Å². The molecule has 1 fully saturated rings. The van der Waals surface area contributed by atoms with E-state index in [1.54, 1.807) is 0 Å². The third-order valence-electron chi connectivity index (χ3n) is 3.35. The van der Waals surface area contributed by atoms with Gasteiger partial charge in [-0.05, 0) is 25.8 Å². The second-order valence-electron chi connectivity index (χ2n) is 4.67. The molecule has 0 aliphatic carbocycles. The van der Waals surface area contributed by atoms with Crippen LogP contribution in [0.2, 0.25) is 0 Å². The highest BCUT2D eigenvalue weighted by Gasteiger charge is 2.18. The molecule has 1 amide bonds. The molecular weight excluding hydrogens is 200 g/mol. The average Bonchev–Trinajstić information content (AvgIpc) is 2.27. The molecule has 0 aromatic rings. The first-order valence-electron chi connectivity index (χ1n) is 6.79. The molecule has 1 saturated heterocycles. The van der Waals surface area contributed by atoms with Crippen LogP contribution < -0.4 is 5.32 Å². The molecule has 0 aromatic heterocycles. The quantitative estimate of drug-likeness (QED) is 0.779. The van der Waals surface area contributed by atoms with Gasteiger partial charge in [0.2, 0.25) is 5.91 Å². The molecule has 1 aliphatic rings. The summed E-state index contributed by atoms with van der Waals surface area (Å²) < 4.78 is 0. The van der Waals surface area contributed by atoms with Crippen molar-refractivity contribution in [1.29, 1.82) is 0 Å². The Balaban J connectivity index is 2.43. The molecule has 0 saturated carbocycles. The average molecular weight is 226 g/mol. The smallest absolute Gasteiger partial charge is 0.222 e. The maximum atomic E-state index is 11.9. The Labute approximate surface area is 99.6 Å². The van der Waals surface area contributed by atoms with Crippen molar-refractivity contribution in [2.75, 3.05) is 19.6 Å². The molecule has 0 bridgehead atoms. The van der Waals surface area contributed by atoms with Gasteiger partial charge in [-0.25, -0.2) is 0 Å². The Morgan fingerprint density at radius 1 is 1.25 bits per heavy atom. The predicted molar refractivity (Wildman–Crippen MR) is 67.4 cm³/mol. The summed E-state index contributed by atoms with van der Waals surface area (Å²) in [5.74, 6) is 0.357. The fourth-order valence-corrected chi connectivity index (χ4v) is 2.30. The molecule has 1 atom stereocenters. The van der Waals surface area contributed by atoms with Crippen molar-refractivity contribution >= 4 is 5.91 Å². The van der Waals surface area contributed by atoms with Gasteiger partial charge in [0, 0.05) is 25.6 Å². The normalized spacial score (nSPS) is 20.4. The van der Waals surface area contributed by atoms with Gasteiger partial charge in [-0.3, -0.25) is 4.79 Å². The molecule has 16 heavy (non-hydrogen) atoms. The number of nitrogens with zero attached hydrogens (tertiary/aromatic N) is 1. The number of nitrogens with one attached hydrogen (secondary N) is 1. The van der Waals surface area contributed by atoms with E-state index in [0.29, 0.717) is 11.9 Å². The van der Waals surface area contributed by atoms with Crippen LogP contribution in [0.3, 0.4) is 0 Å². The third kappa shape index (κ3) is 4.52. The molecule has 1 unspecified atom stereocenters. The molecule has 1 rings (SSSR count). The van der Waals surface area contributed by atoms with Gasteiger partial charge in [0.05, 0.1) is 0 Å². The predicted octanol–water partition coefficient (Wildman–Crippen LogP) is 2.17. The van der Waals surface area contributed by atoms with E-state index in [1.165, 1.54) is 19.3 Å². The number of likely N-dealkylation sites (N-methyl/N-ethyl adjacent to an activating group) is 1. The molecule has 0 radical (unpaired) electrons. The minimum absolute atomic E-state index is 0.357. The van der Waals surface area contributed by atoms with Gasteiger partial charge in [-0.2, -0.15) is 0 Å². The zero-order valence-electron chi connectivity index (χ0n) is 10.8. The Bertz CT molecular complexity index is 206. The van der Waals surface area contributed by atoms with Crippen molar-refractivity contribution in [3.05, 3.63) is 0 Å². The summed E-state index contributed by atoms with van der Waals surface area (Å²) in [7, 11) is 0. The summed E-state index contributed by atoms with van der Waals surface area (Å²) in [6.07, 6.45) is 6.60. The topological polar surface area (TPSA) is 32.3 Å². The van der Waals surface area contributed by atoms with E-state index in [-0.39, 0.29) is 0 Å². The van der Waals surface area contributed by atoms with Crippen LogP contribution >= 0.6 is 0 Å². The van der Waals surface area contributed by atoms with Crippen LogP contribution in [0.25, 0.3) is 0 Å². The molecular formula is C13H26N2O. The van der Waals surface area contributed by atoms with Crippen molar-refractivity contribution in [1.82, 2.24) is 10.2 Å². The van der Waals surface area contributed by atoms with Crippen LogP contribution in [0, 0.1) is 0 Å². The molecule has 0 spiro atoms. The summed E-state index contributed by atoms with van der Waals surface area (Å²) >= 11 is 0. The van der Waals surface area contributed by atoms with Gasteiger partial charge < -0.3 is 10.2 Å². The molecule has 1 aliphatic heterocycles. The van der Waals surface area contributed by atoms with E-state index >= 15 is 0 Å². The molecule has 94 valence electrons. The first kappa shape index (κ1) is 13.5. The highest BCUT2D eigenvalue weighted by molar-refractivity contribution is 5.76. The maximum absolute atomic E-state index is 11.9. The number of rotatable bonds is 5. The molecule has 3 heteroatoms. The lowest BCUT2D eigenvalue weighted by Crippen LogP contribution is -2.44. The maximum Gasteiger partial charge on any atom is 0.222 e. The molecule has 1 N–H and O–H groups in total. The van der Waals surface area contributed by atoms with E-state index in [2.05, 4.69) is 24.1 Å². The minimum Gasteiger partial charge on any atom is -0.341 e. The van der Waals surface area contributed by atoms with Gasteiger partial charge in [0.25, 0.3) is 0 Å². The van der Waals surface area contributed by atoms with Crippen molar-refractivity contribution < 1.29 is 4.79 Å². The molecule has 0 aromatic carbocycles. The molecule has 3 nitrogen and oxygen atoms in total. The van der Waals surface area contributed by atoms with E-state index < -0.39 is 0 Å². The first-order valence-corrected chi connectivity index (χ1v) is 6.79. The SMILES string of the molecule is CCNC(CC)CN1CCCCCCC1=O. The number of carbonyl (C=O) groups is 1. The van der Waals surface area contributed by atoms with E-state index in [9.17, 15) is 4.79 Å². The lowest BCUT2D eigenvalue weighted by atomic mass is 10.1. The van der Waals surface area contributed by atoms with Crippen molar-refractivity contribution in [2.45, 2.75) is 58.4 Å². The second kappa shape index (κ2) is 7.66. The van der Waals surface area contributed by atoms with E-state index in [0.717, 1.165) is 38.9 Å². The zero-order valence-corrected chi connectivity index (χ0v) is 10.8. The second-order valence-corrected chi connectivity index (χ2v) is 4.67. The fourth-order valence-electron chi connectivity index (χ4n) is 2.30. The Hall–Kier alpha value is -0.570. The van der Waals surface area contributed by atoms with Crippen LogP contribution in [0.5, 0.6) is 0 Å². The highest BCUT2D eigenvalue weighted by Crippen LogP contribution is 2.12. The van der Waals surface area contributed by atoms with Crippen LogP contribution in [-0.4, -0.2) is 36.5 Å². The number of likely N-dealkylation sites (tertiary alicyclic amines) is 1. The van der Waals surface area contributed by atoms with Gasteiger partial charge >= 0.3 is 0 Å². The summed E-state index contributed by atoms with van der Waals surface area (Å²) in [4.78, 5) is 14.0. The third-order valence-corrected chi connectivity index (χ3v) is 3.35. The molecule has 1 heterocycles. The Kier molecular flexibility index (Phi) is 6.46. The number of hydrogen-bond acceptors (Lipinski definition) is 2. The zero-order chi connectivity index (χ0) is 11.8. The van der Waals surface area contributed by atoms with Crippen molar-refractivity contribution in [3.8, 4) is 0 Å². The van der Waals surface area contributed by atoms with Gasteiger partial charge in [0.1, 0.15) is 0 Å². The Morgan fingerprint density at radius 3 is 2.69 bits per heavy atom. The standard InChI is InChI=1S/C13H26N2O/c1-3-12(14-4-2)11-15-10-8-6-5-7-9-13(15)16/h12,14H,3-11H2,1-2H3. The fraction of sp³-hybridized carbons (Fsp3) is 0.923. The lowest BCUT2D eigenvalue weighted by molar-refractivity contribution is -0.132. The van der Waals surface area contributed by atoms with Crippen LogP contribution in [-0.2, 0) is 4.79 Å². The van der Waals surface area contributed by atoms with Crippen LogP contribution in [0.15, 0.2) is 0 Å².